The monoisotopic (exact) mass is 423 g/mol. The first-order valence-corrected chi connectivity index (χ1v) is 12.2. The summed E-state index contributed by atoms with van der Waals surface area (Å²) in [6, 6.07) is 13.1. The van der Waals surface area contributed by atoms with Crippen LogP contribution in [-0.2, 0) is 17.4 Å². The standard InChI is InChI=1S/C21H27N.C6H11OP/c1-5-18-15-16(3)14-17(4)20(18)12-9-11-19-10-7-8-13-21(19)22-6-2;1-5-3-6(2)7-8-4-5/h7-11,13-15,22H,5-6,12H2,1-4H3;3,6,8H,4H2,1-2H3/b11-9-;. The predicted octanol–water partition coefficient (Wildman–Crippen LogP) is 7.50. The van der Waals surface area contributed by atoms with E-state index in [1.165, 1.54) is 39.1 Å². The summed E-state index contributed by atoms with van der Waals surface area (Å²) in [5, 5.41) is 3.41. The minimum Gasteiger partial charge on any atom is -0.385 e. The highest BCUT2D eigenvalue weighted by molar-refractivity contribution is 7.32. The van der Waals surface area contributed by atoms with Crippen molar-refractivity contribution in [3.8, 4) is 0 Å². The summed E-state index contributed by atoms with van der Waals surface area (Å²) >= 11 is 0. The summed E-state index contributed by atoms with van der Waals surface area (Å²) in [6.07, 6.45) is 10.3. The van der Waals surface area contributed by atoms with E-state index in [9.17, 15) is 0 Å². The number of nitrogens with one attached hydrogen (secondary N) is 1. The molecule has 0 saturated heterocycles. The molecule has 2 atom stereocenters. The van der Waals surface area contributed by atoms with Crippen molar-refractivity contribution in [2.24, 2.45) is 0 Å². The Bertz CT molecular complexity index is 869. The third-order valence-electron chi connectivity index (χ3n) is 5.18. The quantitative estimate of drug-likeness (QED) is 0.384. The highest BCUT2D eigenvalue weighted by Crippen LogP contribution is 2.25. The lowest BCUT2D eigenvalue weighted by atomic mass is 9.94. The maximum Gasteiger partial charge on any atom is 0.0769 e. The maximum absolute atomic E-state index is 5.30. The molecule has 162 valence electrons. The second kappa shape index (κ2) is 12.7. The number of hydrogen-bond donors (Lipinski definition) is 1. The largest absolute Gasteiger partial charge is 0.385 e. The van der Waals surface area contributed by atoms with Crippen LogP contribution in [-0.4, -0.2) is 18.8 Å². The third-order valence-corrected chi connectivity index (χ3v) is 6.42. The van der Waals surface area contributed by atoms with Crippen molar-refractivity contribution in [1.82, 2.24) is 0 Å². The predicted molar refractivity (Wildman–Crippen MR) is 136 cm³/mol. The highest BCUT2D eigenvalue weighted by Gasteiger charge is 2.05. The van der Waals surface area contributed by atoms with E-state index in [1.54, 1.807) is 0 Å². The first-order chi connectivity index (χ1) is 14.4. The SMILES string of the molecule is CC1=CC(C)OPC1.CCNc1ccccc1/C=C\Cc1c(C)cc(C)cc1CC. The van der Waals surface area contributed by atoms with E-state index < -0.39 is 0 Å². The number of anilines is 1. The van der Waals surface area contributed by atoms with Crippen molar-refractivity contribution < 1.29 is 4.52 Å². The van der Waals surface area contributed by atoms with Crippen LogP contribution >= 0.6 is 8.81 Å². The van der Waals surface area contributed by atoms with E-state index in [1.807, 2.05) is 0 Å². The van der Waals surface area contributed by atoms with E-state index in [2.05, 4.69) is 101 Å². The molecule has 0 bridgehead atoms. The van der Waals surface area contributed by atoms with Gasteiger partial charge in [0, 0.05) is 27.2 Å². The molecule has 2 unspecified atom stereocenters. The Labute approximate surface area is 185 Å². The molecule has 0 aromatic heterocycles. The number of allylic oxidation sites excluding steroid dienone is 2. The summed E-state index contributed by atoms with van der Waals surface area (Å²) in [6.45, 7) is 14.0. The van der Waals surface area contributed by atoms with Gasteiger partial charge in [0.15, 0.2) is 0 Å². The zero-order chi connectivity index (χ0) is 21.9. The number of para-hydroxylation sites is 1. The van der Waals surface area contributed by atoms with Crippen LogP contribution in [0.2, 0.25) is 0 Å². The highest BCUT2D eigenvalue weighted by atomic mass is 31.1. The second-order valence-electron chi connectivity index (χ2n) is 7.95. The zero-order valence-electron chi connectivity index (χ0n) is 19.5. The smallest absolute Gasteiger partial charge is 0.0769 e. The van der Waals surface area contributed by atoms with Crippen LogP contribution in [0.4, 0.5) is 5.69 Å². The minimum absolute atomic E-state index is 0.363. The van der Waals surface area contributed by atoms with E-state index in [0.717, 1.165) is 25.5 Å². The van der Waals surface area contributed by atoms with Gasteiger partial charge < -0.3 is 9.84 Å². The van der Waals surface area contributed by atoms with Crippen molar-refractivity contribution in [2.45, 2.75) is 60.5 Å². The average Bonchev–Trinajstić information content (AvgIpc) is 2.71. The van der Waals surface area contributed by atoms with E-state index in [0.29, 0.717) is 14.9 Å². The van der Waals surface area contributed by atoms with Crippen LogP contribution < -0.4 is 5.32 Å². The molecule has 1 heterocycles. The van der Waals surface area contributed by atoms with Gasteiger partial charge in [-0.25, -0.2) is 0 Å². The molecule has 0 fully saturated rings. The van der Waals surface area contributed by atoms with Crippen LogP contribution in [0.3, 0.4) is 0 Å². The molecule has 0 aliphatic carbocycles. The van der Waals surface area contributed by atoms with Gasteiger partial charge in [-0.05, 0) is 75.8 Å². The van der Waals surface area contributed by atoms with E-state index >= 15 is 0 Å². The van der Waals surface area contributed by atoms with Gasteiger partial charge >= 0.3 is 0 Å². The minimum atomic E-state index is 0.363. The molecule has 2 aromatic carbocycles. The van der Waals surface area contributed by atoms with Crippen LogP contribution in [0.25, 0.3) is 6.08 Å². The van der Waals surface area contributed by atoms with Crippen LogP contribution in [0.1, 0.15) is 55.5 Å². The van der Waals surface area contributed by atoms with Crippen molar-refractivity contribution in [3.05, 3.63) is 81.9 Å². The molecule has 1 N–H and O–H groups in total. The lowest BCUT2D eigenvalue weighted by Gasteiger charge is -2.15. The molecule has 0 saturated carbocycles. The molecule has 2 nitrogen and oxygen atoms in total. The fourth-order valence-corrected chi connectivity index (χ4v) is 4.53. The molecule has 1 aliphatic rings. The van der Waals surface area contributed by atoms with Crippen molar-refractivity contribution in [2.75, 3.05) is 18.0 Å². The normalized spacial score (nSPS) is 16.9. The Hall–Kier alpha value is -1.89. The molecule has 1 aliphatic heterocycles. The molecule has 30 heavy (non-hydrogen) atoms. The molecule has 0 amide bonds. The fourth-order valence-electron chi connectivity index (χ4n) is 3.77. The van der Waals surface area contributed by atoms with Crippen molar-refractivity contribution >= 4 is 20.6 Å². The number of rotatable bonds is 6. The second-order valence-corrected chi connectivity index (χ2v) is 8.83. The van der Waals surface area contributed by atoms with E-state index in [4.69, 9.17) is 4.52 Å². The zero-order valence-corrected chi connectivity index (χ0v) is 20.5. The summed E-state index contributed by atoms with van der Waals surface area (Å²) in [7, 11) is 0.694. The summed E-state index contributed by atoms with van der Waals surface area (Å²) in [5.41, 5.74) is 9.65. The van der Waals surface area contributed by atoms with Gasteiger partial charge in [-0.2, -0.15) is 0 Å². The summed E-state index contributed by atoms with van der Waals surface area (Å²) in [4.78, 5) is 0. The molecular formula is C27H38NOP. The van der Waals surface area contributed by atoms with Gasteiger partial charge in [-0.1, -0.05) is 66.6 Å². The molecular weight excluding hydrogens is 385 g/mol. The van der Waals surface area contributed by atoms with Crippen LogP contribution in [0.15, 0.2) is 54.1 Å². The first kappa shape index (κ1) is 24.4. The number of benzene rings is 2. The van der Waals surface area contributed by atoms with Gasteiger partial charge in [0.05, 0.1) is 6.10 Å². The Morgan fingerprint density at radius 1 is 1.13 bits per heavy atom. The van der Waals surface area contributed by atoms with E-state index in [-0.39, 0.29) is 0 Å². The van der Waals surface area contributed by atoms with Gasteiger partial charge in [0.25, 0.3) is 0 Å². The Balaban J connectivity index is 0.000000335. The fraction of sp³-hybridized carbons (Fsp3) is 0.407. The Morgan fingerprint density at radius 3 is 2.53 bits per heavy atom. The van der Waals surface area contributed by atoms with Crippen LogP contribution in [0.5, 0.6) is 0 Å². The van der Waals surface area contributed by atoms with Gasteiger partial charge in [-0.15, -0.1) is 0 Å². The molecule has 3 heteroatoms. The van der Waals surface area contributed by atoms with Crippen LogP contribution in [0, 0.1) is 13.8 Å². The number of hydrogen-bond acceptors (Lipinski definition) is 2. The Morgan fingerprint density at radius 2 is 1.90 bits per heavy atom. The lowest BCUT2D eigenvalue weighted by Crippen LogP contribution is -2.04. The summed E-state index contributed by atoms with van der Waals surface area (Å²) in [5.74, 6) is 0. The molecule has 0 radical (unpaired) electrons. The average molecular weight is 424 g/mol. The maximum atomic E-state index is 5.30. The van der Waals surface area contributed by atoms with Crippen molar-refractivity contribution in [1.29, 1.82) is 0 Å². The van der Waals surface area contributed by atoms with Gasteiger partial charge in [0.1, 0.15) is 0 Å². The first-order valence-electron chi connectivity index (χ1n) is 11.1. The Kier molecular flexibility index (Phi) is 10.3. The molecule has 2 aromatic rings. The van der Waals surface area contributed by atoms with Crippen molar-refractivity contribution in [3.63, 3.8) is 0 Å². The summed E-state index contributed by atoms with van der Waals surface area (Å²) < 4.78 is 5.30. The number of aryl methyl sites for hydroxylation is 3. The topological polar surface area (TPSA) is 21.3 Å². The van der Waals surface area contributed by atoms with Gasteiger partial charge in [-0.3, -0.25) is 0 Å². The van der Waals surface area contributed by atoms with Gasteiger partial charge in [0.2, 0.25) is 0 Å². The lowest BCUT2D eigenvalue weighted by molar-refractivity contribution is 0.304. The molecule has 0 spiro atoms. The third kappa shape index (κ3) is 7.74. The molecule has 3 rings (SSSR count).